The van der Waals surface area contributed by atoms with E-state index < -0.39 is 0 Å². The number of benzene rings is 2. The first-order valence-electron chi connectivity index (χ1n) is 11.5. The van der Waals surface area contributed by atoms with Crippen LogP contribution in [0.1, 0.15) is 53.6 Å². The molecule has 0 radical (unpaired) electrons. The first-order valence-corrected chi connectivity index (χ1v) is 11.5. The molecule has 2 aromatic rings. The van der Waals surface area contributed by atoms with Crippen molar-refractivity contribution in [1.29, 1.82) is 0 Å². The maximum absolute atomic E-state index is 12.8. The number of rotatable bonds is 7. The molecule has 0 spiro atoms. The Kier molecular flexibility index (Phi) is 6.96. The summed E-state index contributed by atoms with van der Waals surface area (Å²) in [6.45, 7) is 3.54. The lowest BCUT2D eigenvalue weighted by molar-refractivity contribution is -0.125. The molecule has 7 heteroatoms. The van der Waals surface area contributed by atoms with Gasteiger partial charge in [0.05, 0.1) is 5.69 Å². The number of carbonyl (C=O) groups is 3. The molecule has 0 saturated heterocycles. The fourth-order valence-electron chi connectivity index (χ4n) is 4.30. The Balaban J connectivity index is 1.46. The van der Waals surface area contributed by atoms with Crippen molar-refractivity contribution in [2.45, 2.75) is 52.0 Å². The number of carbonyl (C=O) groups excluding carboxylic acids is 3. The van der Waals surface area contributed by atoms with Crippen LogP contribution in [-0.2, 0) is 9.59 Å². The quantitative estimate of drug-likeness (QED) is 0.650. The van der Waals surface area contributed by atoms with Gasteiger partial charge < -0.3 is 14.8 Å². The van der Waals surface area contributed by atoms with Crippen LogP contribution in [0.25, 0.3) is 0 Å². The predicted octanol–water partition coefficient (Wildman–Crippen LogP) is 3.74. The maximum Gasteiger partial charge on any atom is 0.265 e. The topological polar surface area (TPSA) is 84.9 Å². The van der Waals surface area contributed by atoms with E-state index in [0.717, 1.165) is 36.8 Å². The molecule has 2 amide bonds. The van der Waals surface area contributed by atoms with E-state index in [1.165, 1.54) is 11.3 Å². The average Bonchev–Trinajstić information content (AvgIpc) is 2.81. The third kappa shape index (κ3) is 5.53. The zero-order valence-electron chi connectivity index (χ0n) is 19.2. The van der Waals surface area contributed by atoms with Crippen molar-refractivity contribution >= 4 is 23.3 Å². The molecule has 174 valence electrons. The molecule has 0 atom stereocenters. The van der Waals surface area contributed by atoms with Crippen LogP contribution < -0.4 is 19.7 Å². The number of ketones is 1. The molecule has 1 heterocycles. The second kappa shape index (κ2) is 10.1. The summed E-state index contributed by atoms with van der Waals surface area (Å²) in [5, 5.41) is 3.04. The van der Waals surface area contributed by atoms with Gasteiger partial charge in [0, 0.05) is 11.6 Å². The van der Waals surface area contributed by atoms with Crippen molar-refractivity contribution in [2.24, 2.45) is 0 Å². The molecule has 7 nitrogen and oxygen atoms in total. The highest BCUT2D eigenvalue weighted by molar-refractivity contribution is 6.04. The Morgan fingerprint density at radius 2 is 1.88 bits per heavy atom. The molecule has 2 aromatic carbocycles. The van der Waals surface area contributed by atoms with E-state index in [4.69, 9.17) is 9.47 Å². The fraction of sp³-hybridized carbons (Fsp3) is 0.423. The molecular formula is C26H30N2O5. The largest absolute Gasteiger partial charge is 0.485 e. The minimum atomic E-state index is -0.308. The summed E-state index contributed by atoms with van der Waals surface area (Å²) in [6.07, 6.45) is 5.36. The van der Waals surface area contributed by atoms with E-state index in [1.807, 2.05) is 32.0 Å². The van der Waals surface area contributed by atoms with Crippen LogP contribution in [-0.4, -0.2) is 43.4 Å². The number of hydrogen-bond donors (Lipinski definition) is 1. The second-order valence-electron chi connectivity index (χ2n) is 8.83. The van der Waals surface area contributed by atoms with Crippen molar-refractivity contribution in [3.05, 3.63) is 53.1 Å². The molecule has 1 aliphatic heterocycles. The lowest BCUT2D eigenvalue weighted by atomic mass is 9.95. The van der Waals surface area contributed by atoms with Crippen LogP contribution in [0.5, 0.6) is 11.5 Å². The van der Waals surface area contributed by atoms with E-state index in [-0.39, 0.29) is 43.4 Å². The first kappa shape index (κ1) is 22.8. The molecular weight excluding hydrogens is 420 g/mol. The molecule has 1 fully saturated rings. The lowest BCUT2D eigenvalue weighted by Gasteiger charge is -2.30. The summed E-state index contributed by atoms with van der Waals surface area (Å²) in [6, 6.07) is 10.9. The Bertz CT molecular complexity index is 1060. The lowest BCUT2D eigenvalue weighted by Crippen LogP contribution is -2.47. The number of nitrogens with zero attached hydrogens (tertiary/aromatic N) is 1. The smallest absolute Gasteiger partial charge is 0.265 e. The monoisotopic (exact) mass is 450 g/mol. The molecule has 33 heavy (non-hydrogen) atoms. The SMILES string of the molecule is Cc1ccc(C)c(OCC(=O)c2ccc3c(c2)N(CC(=O)NC2CCCCC2)C(=O)CO3)c1. The number of hydrogen-bond acceptors (Lipinski definition) is 5. The van der Waals surface area contributed by atoms with Crippen molar-refractivity contribution in [1.82, 2.24) is 5.32 Å². The highest BCUT2D eigenvalue weighted by Gasteiger charge is 2.29. The zero-order chi connectivity index (χ0) is 23.4. The maximum atomic E-state index is 12.8. The van der Waals surface area contributed by atoms with Gasteiger partial charge in [-0.2, -0.15) is 0 Å². The number of nitrogens with one attached hydrogen (secondary N) is 1. The minimum absolute atomic E-state index is 0.0949. The number of aryl methyl sites for hydroxylation is 2. The van der Waals surface area contributed by atoms with Crippen LogP contribution in [0.15, 0.2) is 36.4 Å². The molecule has 0 bridgehead atoms. The highest BCUT2D eigenvalue weighted by atomic mass is 16.5. The van der Waals surface area contributed by atoms with E-state index in [2.05, 4.69) is 5.32 Å². The van der Waals surface area contributed by atoms with Gasteiger partial charge in [-0.3, -0.25) is 19.3 Å². The van der Waals surface area contributed by atoms with Gasteiger partial charge in [-0.05, 0) is 62.1 Å². The van der Waals surface area contributed by atoms with Crippen LogP contribution >= 0.6 is 0 Å². The predicted molar refractivity (Wildman–Crippen MR) is 125 cm³/mol. The zero-order valence-corrected chi connectivity index (χ0v) is 19.2. The summed E-state index contributed by atoms with van der Waals surface area (Å²) in [5.74, 6) is 0.423. The van der Waals surface area contributed by atoms with Gasteiger partial charge in [0.1, 0.15) is 18.0 Å². The normalized spacial score (nSPS) is 16.1. The van der Waals surface area contributed by atoms with Crippen LogP contribution in [0.4, 0.5) is 5.69 Å². The van der Waals surface area contributed by atoms with Gasteiger partial charge in [0.2, 0.25) is 5.91 Å². The van der Waals surface area contributed by atoms with Crippen molar-refractivity contribution in [3.8, 4) is 11.5 Å². The molecule has 1 N–H and O–H groups in total. The van der Waals surface area contributed by atoms with Gasteiger partial charge >= 0.3 is 0 Å². The van der Waals surface area contributed by atoms with Gasteiger partial charge in [0.15, 0.2) is 19.0 Å². The van der Waals surface area contributed by atoms with Crippen LogP contribution in [0, 0.1) is 13.8 Å². The molecule has 0 unspecified atom stereocenters. The van der Waals surface area contributed by atoms with Gasteiger partial charge in [-0.25, -0.2) is 0 Å². The summed E-state index contributed by atoms with van der Waals surface area (Å²) < 4.78 is 11.3. The highest BCUT2D eigenvalue weighted by Crippen LogP contribution is 2.33. The van der Waals surface area contributed by atoms with Gasteiger partial charge in [0.25, 0.3) is 5.91 Å². The number of fused-ring (bicyclic) bond motifs is 1. The van der Waals surface area contributed by atoms with Crippen molar-refractivity contribution < 1.29 is 23.9 Å². The Morgan fingerprint density at radius 3 is 2.67 bits per heavy atom. The number of ether oxygens (including phenoxy) is 2. The van der Waals surface area contributed by atoms with E-state index in [9.17, 15) is 14.4 Å². The average molecular weight is 451 g/mol. The first-order chi connectivity index (χ1) is 15.9. The number of Topliss-reactive ketones (excluding diaryl/α,β-unsaturated/α-hetero) is 1. The Morgan fingerprint density at radius 1 is 1.09 bits per heavy atom. The molecule has 1 aliphatic carbocycles. The summed E-state index contributed by atoms with van der Waals surface area (Å²) in [4.78, 5) is 39.4. The van der Waals surface area contributed by atoms with E-state index in [0.29, 0.717) is 22.7 Å². The summed E-state index contributed by atoms with van der Waals surface area (Å²) in [7, 11) is 0. The Hall–Kier alpha value is -3.35. The third-order valence-electron chi connectivity index (χ3n) is 6.20. The number of amides is 2. The van der Waals surface area contributed by atoms with Crippen LogP contribution in [0.2, 0.25) is 0 Å². The fourth-order valence-corrected chi connectivity index (χ4v) is 4.30. The van der Waals surface area contributed by atoms with E-state index in [1.54, 1.807) is 18.2 Å². The van der Waals surface area contributed by atoms with Crippen molar-refractivity contribution in [2.75, 3.05) is 24.7 Å². The minimum Gasteiger partial charge on any atom is -0.485 e. The summed E-state index contributed by atoms with van der Waals surface area (Å²) in [5.41, 5.74) is 2.83. The third-order valence-corrected chi connectivity index (χ3v) is 6.20. The number of anilines is 1. The molecule has 1 saturated carbocycles. The molecule has 2 aliphatic rings. The Labute approximate surface area is 194 Å². The standard InChI is InChI=1S/C26H30N2O5/c1-17-8-9-18(2)24(12-17)32-15-22(29)19-10-11-23-21(13-19)28(26(31)16-33-23)14-25(30)27-20-6-4-3-5-7-20/h8-13,20H,3-7,14-16H2,1-2H3,(H,27,30). The van der Waals surface area contributed by atoms with Gasteiger partial charge in [-0.1, -0.05) is 31.4 Å². The molecule has 0 aromatic heterocycles. The van der Waals surface area contributed by atoms with Crippen molar-refractivity contribution in [3.63, 3.8) is 0 Å². The van der Waals surface area contributed by atoms with E-state index >= 15 is 0 Å². The van der Waals surface area contributed by atoms with Crippen LogP contribution in [0.3, 0.4) is 0 Å². The van der Waals surface area contributed by atoms with Gasteiger partial charge in [-0.15, -0.1) is 0 Å². The second-order valence-corrected chi connectivity index (χ2v) is 8.83. The molecule has 4 rings (SSSR count). The summed E-state index contributed by atoms with van der Waals surface area (Å²) >= 11 is 0.